The molecular weight excluding hydrogens is 407 g/mol. The SMILES string of the molecule is CC(=O)c1ccc(S(=O)(=O)N2CCCN(C3N=CC=CC3C(F)(F)F)CC2)cc1. The summed E-state index contributed by atoms with van der Waals surface area (Å²) in [6.45, 7) is 2.13. The first-order valence-corrected chi connectivity index (χ1v) is 10.7. The quantitative estimate of drug-likeness (QED) is 0.691. The van der Waals surface area contributed by atoms with E-state index in [9.17, 15) is 26.4 Å². The molecule has 0 aromatic heterocycles. The van der Waals surface area contributed by atoms with E-state index in [1.54, 1.807) is 4.90 Å². The first-order chi connectivity index (χ1) is 13.6. The van der Waals surface area contributed by atoms with E-state index in [2.05, 4.69) is 4.99 Å². The number of hydrogen-bond donors (Lipinski definition) is 0. The van der Waals surface area contributed by atoms with Gasteiger partial charge in [-0.25, -0.2) is 8.42 Å². The summed E-state index contributed by atoms with van der Waals surface area (Å²) in [5.41, 5.74) is 0.410. The third-order valence-electron chi connectivity index (χ3n) is 5.10. The smallest absolute Gasteiger partial charge is 0.295 e. The van der Waals surface area contributed by atoms with Crippen molar-refractivity contribution in [2.75, 3.05) is 26.2 Å². The molecule has 29 heavy (non-hydrogen) atoms. The molecule has 3 rings (SSSR count). The molecule has 10 heteroatoms. The molecule has 1 aromatic rings. The minimum absolute atomic E-state index is 0.0581. The predicted octanol–water partition coefficient (Wildman–Crippen LogP) is 2.73. The van der Waals surface area contributed by atoms with Gasteiger partial charge in [-0.3, -0.25) is 14.7 Å². The van der Waals surface area contributed by atoms with Crippen LogP contribution in [0.2, 0.25) is 0 Å². The number of aliphatic imine (C=N–C) groups is 1. The molecular formula is C19H22F3N3O3S. The number of carbonyl (C=O) groups is 1. The summed E-state index contributed by atoms with van der Waals surface area (Å²) in [4.78, 5) is 17.0. The van der Waals surface area contributed by atoms with Gasteiger partial charge in [0.1, 0.15) is 12.1 Å². The topological polar surface area (TPSA) is 70.1 Å². The van der Waals surface area contributed by atoms with Crippen molar-refractivity contribution in [3.63, 3.8) is 0 Å². The summed E-state index contributed by atoms with van der Waals surface area (Å²) in [6.07, 6.45) is -1.39. The molecule has 1 fully saturated rings. The van der Waals surface area contributed by atoms with Gasteiger partial charge in [-0.2, -0.15) is 17.5 Å². The number of benzene rings is 1. The lowest BCUT2D eigenvalue weighted by atomic mass is 10.0. The summed E-state index contributed by atoms with van der Waals surface area (Å²) in [6, 6.07) is 5.67. The molecule has 6 nitrogen and oxygen atoms in total. The molecule has 0 aliphatic carbocycles. The van der Waals surface area contributed by atoms with E-state index < -0.39 is 28.3 Å². The molecule has 1 saturated heterocycles. The number of carbonyl (C=O) groups excluding carboxylic acids is 1. The monoisotopic (exact) mass is 429 g/mol. The normalized spacial score (nSPS) is 24.4. The van der Waals surface area contributed by atoms with Gasteiger partial charge in [0.15, 0.2) is 5.78 Å². The molecule has 0 bridgehead atoms. The fourth-order valence-electron chi connectivity index (χ4n) is 3.53. The largest absolute Gasteiger partial charge is 0.398 e. The van der Waals surface area contributed by atoms with Gasteiger partial charge in [-0.15, -0.1) is 0 Å². The molecule has 0 radical (unpaired) electrons. The van der Waals surface area contributed by atoms with Crippen LogP contribution in [0.25, 0.3) is 0 Å². The minimum atomic E-state index is -4.42. The zero-order valence-electron chi connectivity index (χ0n) is 15.8. The summed E-state index contributed by atoms with van der Waals surface area (Å²) in [7, 11) is -3.80. The van der Waals surface area contributed by atoms with Gasteiger partial charge >= 0.3 is 6.18 Å². The van der Waals surface area contributed by atoms with Crippen molar-refractivity contribution in [3.8, 4) is 0 Å². The Kier molecular flexibility index (Phi) is 6.25. The molecule has 2 heterocycles. The molecule has 2 atom stereocenters. The van der Waals surface area contributed by atoms with Crippen molar-refractivity contribution in [1.29, 1.82) is 0 Å². The molecule has 0 saturated carbocycles. The Morgan fingerprint density at radius 1 is 1.10 bits per heavy atom. The molecule has 0 amide bonds. The Morgan fingerprint density at radius 3 is 2.41 bits per heavy atom. The maximum atomic E-state index is 13.3. The maximum Gasteiger partial charge on any atom is 0.398 e. The fourth-order valence-corrected chi connectivity index (χ4v) is 5.00. The van der Waals surface area contributed by atoms with E-state index >= 15 is 0 Å². The van der Waals surface area contributed by atoms with Crippen LogP contribution < -0.4 is 0 Å². The van der Waals surface area contributed by atoms with E-state index in [0.717, 1.165) is 6.08 Å². The number of halogens is 3. The Bertz CT molecular complexity index is 911. The van der Waals surface area contributed by atoms with Crippen LogP contribution in [0.15, 0.2) is 46.3 Å². The zero-order chi connectivity index (χ0) is 21.2. The number of Topliss-reactive ketones (excluding diaryl/α,β-unsaturated/α-hetero) is 1. The van der Waals surface area contributed by atoms with Gasteiger partial charge in [0, 0.05) is 38.0 Å². The molecule has 2 aliphatic heterocycles. The number of allylic oxidation sites excluding steroid dienone is 1. The Morgan fingerprint density at radius 2 is 1.79 bits per heavy atom. The van der Waals surface area contributed by atoms with Gasteiger partial charge in [-0.05, 0) is 31.6 Å². The van der Waals surface area contributed by atoms with Crippen molar-refractivity contribution >= 4 is 22.0 Å². The Labute approximate surface area is 167 Å². The molecule has 158 valence electrons. The highest BCUT2D eigenvalue weighted by Gasteiger charge is 2.46. The highest BCUT2D eigenvalue weighted by atomic mass is 32.2. The summed E-state index contributed by atoms with van der Waals surface area (Å²) >= 11 is 0. The van der Waals surface area contributed by atoms with Gasteiger partial charge < -0.3 is 0 Å². The van der Waals surface area contributed by atoms with Crippen molar-refractivity contribution in [2.24, 2.45) is 10.9 Å². The van der Waals surface area contributed by atoms with Gasteiger partial charge in [0.25, 0.3) is 0 Å². The third-order valence-corrected chi connectivity index (χ3v) is 7.02. The van der Waals surface area contributed by atoms with Crippen LogP contribution in [0.1, 0.15) is 23.7 Å². The summed E-state index contributed by atoms with van der Waals surface area (Å²) in [5.74, 6) is -1.88. The Balaban J connectivity index is 1.74. The first-order valence-electron chi connectivity index (χ1n) is 9.22. The summed E-state index contributed by atoms with van der Waals surface area (Å²) in [5, 5.41) is 0. The van der Waals surface area contributed by atoms with Crippen LogP contribution in [0.3, 0.4) is 0 Å². The van der Waals surface area contributed by atoms with Gasteiger partial charge in [-0.1, -0.05) is 18.2 Å². The fraction of sp³-hybridized carbons (Fsp3) is 0.474. The second-order valence-corrected chi connectivity index (χ2v) is 8.98. The van der Waals surface area contributed by atoms with E-state index in [-0.39, 0.29) is 30.3 Å². The van der Waals surface area contributed by atoms with Crippen LogP contribution in [-0.4, -0.2) is 68.1 Å². The number of sulfonamides is 1. The van der Waals surface area contributed by atoms with E-state index in [4.69, 9.17) is 0 Å². The van der Waals surface area contributed by atoms with Crippen molar-refractivity contribution in [2.45, 2.75) is 30.6 Å². The third kappa shape index (κ3) is 4.76. The zero-order valence-corrected chi connectivity index (χ0v) is 16.7. The van der Waals surface area contributed by atoms with Crippen molar-refractivity contribution in [3.05, 3.63) is 42.0 Å². The molecule has 2 aliphatic rings. The standard InChI is InChI=1S/C19H22F3N3O3S/c1-14(26)15-5-7-16(8-6-15)29(27,28)25-11-3-10-24(12-13-25)18-17(19(20,21)22)4-2-9-23-18/h2,4-9,17-18H,3,10-13H2,1H3. The van der Waals surface area contributed by atoms with E-state index in [1.807, 2.05) is 0 Å². The van der Waals surface area contributed by atoms with Gasteiger partial charge in [0.05, 0.1) is 4.90 Å². The van der Waals surface area contributed by atoms with Crippen LogP contribution in [0.5, 0.6) is 0 Å². The van der Waals surface area contributed by atoms with E-state index in [1.165, 1.54) is 47.8 Å². The highest BCUT2D eigenvalue weighted by molar-refractivity contribution is 7.89. The van der Waals surface area contributed by atoms with E-state index in [0.29, 0.717) is 18.5 Å². The number of ketones is 1. The second-order valence-electron chi connectivity index (χ2n) is 7.04. The second kappa shape index (κ2) is 8.37. The number of dihydropyridines is 1. The van der Waals surface area contributed by atoms with Crippen LogP contribution in [0.4, 0.5) is 13.2 Å². The lowest BCUT2D eigenvalue weighted by Gasteiger charge is -2.34. The number of hydrogen-bond acceptors (Lipinski definition) is 5. The van der Waals surface area contributed by atoms with Crippen LogP contribution >= 0.6 is 0 Å². The van der Waals surface area contributed by atoms with Crippen molar-refractivity contribution < 1.29 is 26.4 Å². The molecule has 1 aromatic carbocycles. The number of rotatable bonds is 4. The molecule has 0 spiro atoms. The summed E-state index contributed by atoms with van der Waals surface area (Å²) < 4.78 is 67.2. The lowest BCUT2D eigenvalue weighted by Crippen LogP contribution is -2.47. The van der Waals surface area contributed by atoms with Crippen LogP contribution in [-0.2, 0) is 10.0 Å². The lowest BCUT2D eigenvalue weighted by molar-refractivity contribution is -0.176. The average Bonchev–Trinajstić information content (AvgIpc) is 2.94. The highest BCUT2D eigenvalue weighted by Crippen LogP contribution is 2.34. The predicted molar refractivity (Wildman–Crippen MR) is 102 cm³/mol. The Hall–Kier alpha value is -2.04. The number of alkyl halides is 3. The first kappa shape index (κ1) is 21.7. The van der Waals surface area contributed by atoms with Gasteiger partial charge in [0.2, 0.25) is 10.0 Å². The minimum Gasteiger partial charge on any atom is -0.295 e. The van der Waals surface area contributed by atoms with Crippen molar-refractivity contribution in [1.82, 2.24) is 9.21 Å². The average molecular weight is 429 g/mol. The number of nitrogens with zero attached hydrogens (tertiary/aromatic N) is 3. The maximum absolute atomic E-state index is 13.3. The molecule has 2 unspecified atom stereocenters. The van der Waals surface area contributed by atoms with Crippen LogP contribution in [0, 0.1) is 5.92 Å². The molecule has 0 N–H and O–H groups in total.